The molecule has 96 valence electrons. The predicted molar refractivity (Wildman–Crippen MR) is 63.5 cm³/mol. The van der Waals surface area contributed by atoms with Crippen LogP contribution in [0.4, 0.5) is 0 Å². The van der Waals surface area contributed by atoms with Crippen LogP contribution in [0.5, 0.6) is 0 Å². The van der Waals surface area contributed by atoms with Gasteiger partial charge >= 0.3 is 0 Å². The molecule has 0 spiro atoms. The van der Waals surface area contributed by atoms with E-state index in [9.17, 15) is 16.8 Å². The Morgan fingerprint density at radius 3 is 1.82 bits per heavy atom. The summed E-state index contributed by atoms with van der Waals surface area (Å²) in [6.07, 6.45) is 0. The minimum atomic E-state index is -4.32. The summed E-state index contributed by atoms with van der Waals surface area (Å²) in [7, 11) is -7.71. The molecule has 0 aliphatic carbocycles. The van der Waals surface area contributed by atoms with E-state index in [2.05, 4.69) is 0 Å². The highest BCUT2D eigenvalue weighted by Gasteiger charge is 2.20. The molecule has 0 amide bonds. The van der Waals surface area contributed by atoms with Crippen molar-refractivity contribution in [2.45, 2.75) is 30.6 Å². The minimum absolute atomic E-state index is 0.0570. The average molecular weight is 278 g/mol. The molecule has 1 N–H and O–H groups in total. The first-order chi connectivity index (χ1) is 7.59. The molecule has 0 unspecified atom stereocenters. The van der Waals surface area contributed by atoms with E-state index in [1.54, 1.807) is 0 Å². The Hall–Kier alpha value is -0.920. The largest absolute Gasteiger partial charge is 0.294 e. The summed E-state index contributed by atoms with van der Waals surface area (Å²) in [6, 6.07) is 2.45. The smallest absolute Gasteiger partial charge is 0.282 e. The van der Waals surface area contributed by atoms with Crippen LogP contribution in [0.15, 0.2) is 21.9 Å². The molecule has 1 rings (SSSR count). The van der Waals surface area contributed by atoms with Gasteiger partial charge in [-0.2, -0.15) is 8.42 Å². The van der Waals surface area contributed by atoms with Crippen molar-refractivity contribution in [1.82, 2.24) is 0 Å². The number of aryl methyl sites for hydroxylation is 2. The van der Waals surface area contributed by atoms with Gasteiger partial charge in [-0.3, -0.25) is 4.55 Å². The zero-order valence-electron chi connectivity index (χ0n) is 9.76. The molecular formula is C10H14O5S2. The van der Waals surface area contributed by atoms with Gasteiger partial charge in [-0.1, -0.05) is 6.92 Å². The number of hydrogen-bond acceptors (Lipinski definition) is 4. The molecule has 0 radical (unpaired) electrons. The Kier molecular flexibility index (Phi) is 3.66. The average Bonchev–Trinajstić information content (AvgIpc) is 2.19. The monoisotopic (exact) mass is 278 g/mol. The minimum Gasteiger partial charge on any atom is -0.282 e. The standard InChI is InChI=1S/C10H14O5S2/c1-4-16(11,12)9-5-8(3)10(6-7(9)2)17(13,14)15/h5-6H,4H2,1-3H3,(H,13,14,15). The van der Waals surface area contributed by atoms with Crippen LogP contribution < -0.4 is 0 Å². The molecule has 7 heteroatoms. The van der Waals surface area contributed by atoms with Crippen LogP contribution in [0.3, 0.4) is 0 Å². The summed E-state index contributed by atoms with van der Waals surface area (Å²) in [5.41, 5.74) is 0.523. The second-order valence-corrected chi connectivity index (χ2v) is 7.40. The van der Waals surface area contributed by atoms with E-state index in [0.29, 0.717) is 5.56 Å². The third-order valence-electron chi connectivity index (χ3n) is 2.47. The molecule has 5 nitrogen and oxygen atoms in total. The molecule has 0 heterocycles. The third kappa shape index (κ3) is 2.85. The van der Waals surface area contributed by atoms with Crippen LogP contribution in [0, 0.1) is 13.8 Å². The highest BCUT2D eigenvalue weighted by Crippen LogP contribution is 2.24. The summed E-state index contributed by atoms with van der Waals surface area (Å²) in [6.45, 7) is 4.45. The van der Waals surface area contributed by atoms with Gasteiger partial charge in [0, 0.05) is 0 Å². The first-order valence-corrected chi connectivity index (χ1v) is 8.00. The van der Waals surface area contributed by atoms with Crippen molar-refractivity contribution in [2.75, 3.05) is 5.75 Å². The summed E-state index contributed by atoms with van der Waals surface area (Å²) in [5, 5.41) is 0. The number of hydrogen-bond donors (Lipinski definition) is 1. The van der Waals surface area contributed by atoms with Gasteiger partial charge in [0.15, 0.2) is 9.84 Å². The van der Waals surface area contributed by atoms with Crippen LogP contribution in [0.25, 0.3) is 0 Å². The van der Waals surface area contributed by atoms with Crippen LogP contribution in [-0.4, -0.2) is 27.1 Å². The Labute approximate surface area is 101 Å². The van der Waals surface area contributed by atoms with Crippen molar-refractivity contribution in [1.29, 1.82) is 0 Å². The second-order valence-electron chi connectivity index (χ2n) is 3.76. The topological polar surface area (TPSA) is 88.5 Å². The first kappa shape index (κ1) is 14.1. The Morgan fingerprint density at radius 2 is 1.41 bits per heavy atom. The van der Waals surface area contributed by atoms with Crippen LogP contribution >= 0.6 is 0 Å². The lowest BCUT2D eigenvalue weighted by molar-refractivity contribution is 0.482. The van der Waals surface area contributed by atoms with Gasteiger partial charge in [-0.25, -0.2) is 8.42 Å². The third-order valence-corrected chi connectivity index (χ3v) is 5.33. The van der Waals surface area contributed by atoms with Crippen molar-refractivity contribution in [2.24, 2.45) is 0 Å². The van der Waals surface area contributed by atoms with Crippen molar-refractivity contribution in [3.63, 3.8) is 0 Å². The molecule has 0 fully saturated rings. The van der Waals surface area contributed by atoms with E-state index in [-0.39, 0.29) is 21.1 Å². The SMILES string of the molecule is CCS(=O)(=O)c1cc(C)c(S(=O)(=O)O)cc1C. The fourth-order valence-corrected chi connectivity index (χ4v) is 3.54. The molecule has 0 saturated carbocycles. The lowest BCUT2D eigenvalue weighted by Crippen LogP contribution is -2.09. The molecule has 0 bridgehead atoms. The molecule has 17 heavy (non-hydrogen) atoms. The van der Waals surface area contributed by atoms with Gasteiger partial charge < -0.3 is 0 Å². The maximum Gasteiger partial charge on any atom is 0.294 e. The van der Waals surface area contributed by atoms with Crippen LogP contribution in [0.2, 0.25) is 0 Å². The van der Waals surface area contributed by atoms with E-state index in [1.807, 2.05) is 0 Å². The maximum absolute atomic E-state index is 11.7. The molecule has 0 atom stereocenters. The van der Waals surface area contributed by atoms with E-state index >= 15 is 0 Å². The van der Waals surface area contributed by atoms with Gasteiger partial charge in [-0.15, -0.1) is 0 Å². The zero-order chi connectivity index (χ0) is 13.4. The molecule has 0 aromatic heterocycles. The Bertz CT molecular complexity index is 642. The van der Waals surface area contributed by atoms with Crippen molar-refractivity contribution in [3.05, 3.63) is 23.3 Å². The lowest BCUT2D eigenvalue weighted by Gasteiger charge is -2.10. The molecular weight excluding hydrogens is 264 g/mol. The van der Waals surface area contributed by atoms with E-state index in [0.717, 1.165) is 0 Å². The fourth-order valence-electron chi connectivity index (χ4n) is 1.53. The molecule has 0 saturated heterocycles. The molecule has 0 aliphatic heterocycles. The zero-order valence-corrected chi connectivity index (χ0v) is 11.4. The van der Waals surface area contributed by atoms with E-state index < -0.39 is 20.0 Å². The van der Waals surface area contributed by atoms with Crippen molar-refractivity contribution >= 4 is 20.0 Å². The highest BCUT2D eigenvalue weighted by molar-refractivity contribution is 7.91. The van der Waals surface area contributed by atoms with Gasteiger partial charge in [0.2, 0.25) is 0 Å². The number of benzene rings is 1. The Balaban J connectivity index is 3.61. The fraction of sp³-hybridized carbons (Fsp3) is 0.400. The second kappa shape index (κ2) is 4.40. The summed E-state index contributed by atoms with van der Waals surface area (Å²) in [4.78, 5) is -0.157. The summed E-state index contributed by atoms with van der Waals surface area (Å²) >= 11 is 0. The number of rotatable bonds is 3. The van der Waals surface area contributed by atoms with E-state index in [4.69, 9.17) is 4.55 Å². The quantitative estimate of drug-likeness (QED) is 0.843. The predicted octanol–water partition coefficient (Wildman–Crippen LogP) is 1.34. The van der Waals surface area contributed by atoms with Crippen molar-refractivity contribution in [3.8, 4) is 0 Å². The van der Waals surface area contributed by atoms with Crippen molar-refractivity contribution < 1.29 is 21.4 Å². The first-order valence-electron chi connectivity index (χ1n) is 4.91. The van der Waals surface area contributed by atoms with Gasteiger partial charge in [0.25, 0.3) is 10.1 Å². The molecule has 1 aromatic rings. The maximum atomic E-state index is 11.7. The normalized spacial score (nSPS) is 12.7. The lowest BCUT2D eigenvalue weighted by atomic mass is 10.2. The van der Waals surface area contributed by atoms with Crippen LogP contribution in [-0.2, 0) is 20.0 Å². The highest BCUT2D eigenvalue weighted by atomic mass is 32.2. The molecule has 0 aliphatic rings. The molecule has 1 aromatic carbocycles. The van der Waals surface area contributed by atoms with Gasteiger partial charge in [0.1, 0.15) is 0 Å². The van der Waals surface area contributed by atoms with Gasteiger partial charge in [-0.05, 0) is 37.1 Å². The van der Waals surface area contributed by atoms with Gasteiger partial charge in [0.05, 0.1) is 15.5 Å². The Morgan fingerprint density at radius 1 is 1.00 bits per heavy atom. The summed E-state index contributed by atoms with van der Waals surface area (Å²) in [5.74, 6) is -0.0570. The summed E-state index contributed by atoms with van der Waals surface area (Å²) < 4.78 is 54.5. The number of sulfone groups is 1. The van der Waals surface area contributed by atoms with E-state index in [1.165, 1.54) is 32.9 Å². The van der Waals surface area contributed by atoms with Crippen LogP contribution in [0.1, 0.15) is 18.1 Å².